The quantitative estimate of drug-likeness (QED) is 0.339. The fraction of sp³-hybridized carbons (Fsp3) is 0.200. The molecule has 0 atom stereocenters. The molecule has 0 radical (unpaired) electrons. The molecular formula is C25H23Br2N3O2. The molecule has 0 aromatic heterocycles. The first kappa shape index (κ1) is 24.0. The molecule has 7 heteroatoms. The largest absolute Gasteiger partial charge is 0.488 e. The fourth-order valence-electron chi connectivity index (χ4n) is 3.13. The first-order valence-electron chi connectivity index (χ1n) is 10.1. The highest BCUT2D eigenvalue weighted by molar-refractivity contribution is 9.11. The van der Waals surface area contributed by atoms with Crippen molar-refractivity contribution >= 4 is 37.8 Å². The molecule has 164 valence electrons. The number of carbonyl (C=O) groups is 1. The Hall–Kier alpha value is -2.66. The second-order valence-corrected chi connectivity index (χ2v) is 8.83. The van der Waals surface area contributed by atoms with E-state index in [0.717, 1.165) is 36.9 Å². The van der Waals surface area contributed by atoms with E-state index in [0.29, 0.717) is 31.8 Å². The molecule has 0 bridgehead atoms. The van der Waals surface area contributed by atoms with E-state index in [1.165, 1.54) is 6.92 Å². The maximum Gasteiger partial charge on any atom is 0.216 e. The van der Waals surface area contributed by atoms with Crippen LogP contribution < -0.4 is 15.4 Å². The molecule has 3 rings (SSSR count). The molecule has 3 aromatic rings. The Morgan fingerprint density at radius 3 is 2.53 bits per heavy atom. The summed E-state index contributed by atoms with van der Waals surface area (Å²) in [5.74, 6) is 0.743. The molecule has 0 heterocycles. The van der Waals surface area contributed by atoms with Crippen molar-refractivity contribution in [1.29, 1.82) is 5.26 Å². The minimum Gasteiger partial charge on any atom is -0.488 e. The van der Waals surface area contributed by atoms with Gasteiger partial charge in [0.05, 0.1) is 16.1 Å². The van der Waals surface area contributed by atoms with Crippen LogP contribution in [0.3, 0.4) is 0 Å². The van der Waals surface area contributed by atoms with Gasteiger partial charge in [-0.05, 0) is 72.8 Å². The first-order valence-corrected chi connectivity index (χ1v) is 11.7. The van der Waals surface area contributed by atoms with Crippen LogP contribution in [0.15, 0.2) is 69.6 Å². The number of hydrogen-bond acceptors (Lipinski definition) is 4. The number of nitrogens with one attached hydrogen (secondary N) is 2. The molecule has 5 nitrogen and oxygen atoms in total. The molecule has 32 heavy (non-hydrogen) atoms. The molecular weight excluding hydrogens is 534 g/mol. The Morgan fingerprint density at radius 2 is 1.84 bits per heavy atom. The number of benzene rings is 3. The number of amides is 1. The number of nitriles is 1. The predicted octanol–water partition coefficient (Wildman–Crippen LogP) is 5.55. The minimum atomic E-state index is -0.0230. The highest BCUT2D eigenvalue weighted by atomic mass is 79.9. The molecule has 3 aromatic carbocycles. The number of nitrogens with zero attached hydrogens (tertiary/aromatic N) is 1. The zero-order valence-corrected chi connectivity index (χ0v) is 20.8. The summed E-state index contributed by atoms with van der Waals surface area (Å²) in [7, 11) is 0. The molecule has 2 N–H and O–H groups in total. The van der Waals surface area contributed by atoms with Gasteiger partial charge in [0.2, 0.25) is 5.91 Å². The lowest BCUT2D eigenvalue weighted by Gasteiger charge is -2.13. The highest BCUT2D eigenvalue weighted by Gasteiger charge is 2.10. The Kier molecular flexibility index (Phi) is 8.86. The lowest BCUT2D eigenvalue weighted by Crippen LogP contribution is -2.29. The van der Waals surface area contributed by atoms with Crippen molar-refractivity contribution in [2.24, 2.45) is 0 Å². The van der Waals surface area contributed by atoms with E-state index in [1.54, 1.807) is 0 Å². The zero-order valence-electron chi connectivity index (χ0n) is 17.6. The van der Waals surface area contributed by atoms with Crippen LogP contribution in [0, 0.1) is 11.3 Å². The van der Waals surface area contributed by atoms with E-state index >= 15 is 0 Å². The third-order valence-corrected chi connectivity index (χ3v) is 6.34. The van der Waals surface area contributed by atoms with E-state index in [2.05, 4.69) is 48.6 Å². The molecule has 0 aliphatic rings. The third-order valence-electron chi connectivity index (χ3n) is 4.79. The summed E-state index contributed by atoms with van der Waals surface area (Å²) < 4.78 is 7.93. The average molecular weight is 557 g/mol. The summed E-state index contributed by atoms with van der Waals surface area (Å²) in [4.78, 5) is 10.9. The van der Waals surface area contributed by atoms with Crippen molar-refractivity contribution in [3.63, 3.8) is 0 Å². The lowest BCUT2D eigenvalue weighted by molar-refractivity contribution is -0.118. The Labute approximate surface area is 205 Å². The molecule has 0 aliphatic heterocycles. The van der Waals surface area contributed by atoms with E-state index in [-0.39, 0.29) is 5.91 Å². The van der Waals surface area contributed by atoms with Gasteiger partial charge < -0.3 is 15.4 Å². The van der Waals surface area contributed by atoms with E-state index < -0.39 is 0 Å². The second-order valence-electron chi connectivity index (χ2n) is 7.18. The standard InChI is InChI=1S/C25H23Br2N3O2/c1-17(31)30-12-11-29-15-19-7-10-24(23(26)13-19)32-16-21-3-2-4-22(25(21)27)20-8-5-18(14-28)6-9-20/h2-10,13,29H,11-12,15-16H2,1H3,(H,30,31). The van der Waals surface area contributed by atoms with Gasteiger partial charge in [0.1, 0.15) is 12.4 Å². The molecule has 0 fully saturated rings. The van der Waals surface area contributed by atoms with Gasteiger partial charge in [-0.25, -0.2) is 0 Å². The van der Waals surface area contributed by atoms with Crippen LogP contribution in [0.4, 0.5) is 0 Å². The van der Waals surface area contributed by atoms with E-state index in [9.17, 15) is 4.79 Å². The Balaban J connectivity index is 1.61. The maximum atomic E-state index is 10.9. The van der Waals surface area contributed by atoms with Crippen molar-refractivity contribution < 1.29 is 9.53 Å². The minimum absolute atomic E-state index is 0.0230. The molecule has 0 saturated carbocycles. The molecule has 0 spiro atoms. The first-order chi connectivity index (χ1) is 15.5. The van der Waals surface area contributed by atoms with Crippen LogP contribution in [0.25, 0.3) is 11.1 Å². The van der Waals surface area contributed by atoms with Gasteiger partial charge in [0.25, 0.3) is 0 Å². The van der Waals surface area contributed by atoms with Crippen LogP contribution in [0.2, 0.25) is 0 Å². The Bertz CT molecular complexity index is 1130. The van der Waals surface area contributed by atoms with Crippen molar-refractivity contribution in [2.45, 2.75) is 20.1 Å². The van der Waals surface area contributed by atoms with Gasteiger partial charge >= 0.3 is 0 Å². The van der Waals surface area contributed by atoms with Gasteiger partial charge in [-0.15, -0.1) is 0 Å². The molecule has 0 aliphatic carbocycles. The van der Waals surface area contributed by atoms with Crippen molar-refractivity contribution in [2.75, 3.05) is 13.1 Å². The van der Waals surface area contributed by atoms with Crippen LogP contribution in [0.5, 0.6) is 5.75 Å². The van der Waals surface area contributed by atoms with E-state index in [1.807, 2.05) is 60.7 Å². The van der Waals surface area contributed by atoms with Crippen molar-refractivity contribution in [3.8, 4) is 22.9 Å². The summed E-state index contributed by atoms with van der Waals surface area (Å²) in [6.45, 7) is 3.94. The van der Waals surface area contributed by atoms with Crippen molar-refractivity contribution in [3.05, 3.63) is 86.3 Å². The van der Waals surface area contributed by atoms with Gasteiger partial charge in [-0.3, -0.25) is 4.79 Å². The number of rotatable bonds is 9. The zero-order chi connectivity index (χ0) is 22.9. The lowest BCUT2D eigenvalue weighted by atomic mass is 10.0. The van der Waals surface area contributed by atoms with Crippen LogP contribution in [-0.4, -0.2) is 19.0 Å². The number of halogens is 2. The maximum absolute atomic E-state index is 10.9. The molecule has 0 saturated heterocycles. The van der Waals surface area contributed by atoms with Crippen molar-refractivity contribution in [1.82, 2.24) is 10.6 Å². The highest BCUT2D eigenvalue weighted by Crippen LogP contribution is 2.33. The van der Waals surface area contributed by atoms with E-state index in [4.69, 9.17) is 10.00 Å². The summed E-state index contributed by atoms with van der Waals surface area (Å²) in [6.07, 6.45) is 0. The number of hydrogen-bond donors (Lipinski definition) is 2. The van der Waals surface area contributed by atoms with Gasteiger partial charge in [-0.1, -0.05) is 36.4 Å². The van der Waals surface area contributed by atoms with Gasteiger partial charge in [0.15, 0.2) is 0 Å². The summed E-state index contributed by atoms with van der Waals surface area (Å²) in [5, 5.41) is 15.1. The topological polar surface area (TPSA) is 74.2 Å². The summed E-state index contributed by atoms with van der Waals surface area (Å²) in [5.41, 5.74) is 4.88. The third kappa shape index (κ3) is 6.67. The van der Waals surface area contributed by atoms with Crippen LogP contribution in [-0.2, 0) is 17.9 Å². The second kappa shape index (κ2) is 11.8. The van der Waals surface area contributed by atoms with Crippen LogP contribution in [0.1, 0.15) is 23.6 Å². The van der Waals surface area contributed by atoms with Gasteiger partial charge in [0, 0.05) is 36.6 Å². The molecule has 0 unspecified atom stereocenters. The monoisotopic (exact) mass is 555 g/mol. The Morgan fingerprint density at radius 1 is 1.06 bits per heavy atom. The smallest absolute Gasteiger partial charge is 0.216 e. The summed E-state index contributed by atoms with van der Waals surface area (Å²) in [6, 6.07) is 21.7. The molecule has 1 amide bonds. The number of carbonyl (C=O) groups excluding carboxylic acids is 1. The predicted molar refractivity (Wildman–Crippen MR) is 133 cm³/mol. The number of ether oxygens (including phenoxy) is 1. The van der Waals surface area contributed by atoms with Crippen LogP contribution >= 0.6 is 31.9 Å². The SMILES string of the molecule is CC(=O)NCCNCc1ccc(OCc2cccc(-c3ccc(C#N)cc3)c2Br)c(Br)c1. The average Bonchev–Trinajstić information content (AvgIpc) is 2.79. The fourth-order valence-corrected chi connectivity index (χ4v) is 4.27. The normalized spacial score (nSPS) is 10.4. The summed E-state index contributed by atoms with van der Waals surface area (Å²) >= 11 is 7.31. The van der Waals surface area contributed by atoms with Gasteiger partial charge in [-0.2, -0.15) is 5.26 Å².